The topological polar surface area (TPSA) is 188 Å². The molecule has 0 radical (unpaired) electrons. The Bertz CT molecular complexity index is 1580. The highest BCUT2D eigenvalue weighted by atomic mass is 16.5. The Morgan fingerprint density at radius 2 is 1.33 bits per heavy atom. The Morgan fingerprint density at radius 1 is 0.737 bits per heavy atom. The summed E-state index contributed by atoms with van der Waals surface area (Å²) >= 11 is 0. The van der Waals surface area contributed by atoms with Crippen LogP contribution >= 0.6 is 0 Å². The molecule has 57 heavy (non-hydrogen) atoms. The van der Waals surface area contributed by atoms with Crippen molar-refractivity contribution in [3.63, 3.8) is 0 Å². The van der Waals surface area contributed by atoms with Crippen molar-refractivity contribution in [1.29, 1.82) is 0 Å². The summed E-state index contributed by atoms with van der Waals surface area (Å²) in [6.45, 7) is 11.3. The van der Waals surface area contributed by atoms with Crippen LogP contribution in [0.2, 0.25) is 0 Å². The Balaban J connectivity index is 2.17. The number of carbonyl (C=O) groups is 7. The van der Waals surface area contributed by atoms with Gasteiger partial charge in [0.15, 0.2) is 17.3 Å². The first kappa shape index (κ1) is 48.4. The Hall–Kier alpha value is -4.75. The first-order chi connectivity index (χ1) is 27.2. The van der Waals surface area contributed by atoms with E-state index in [9.17, 15) is 38.7 Å². The summed E-state index contributed by atoms with van der Waals surface area (Å²) < 4.78 is 4.74. The number of ketones is 3. The minimum absolute atomic E-state index is 0.0170. The standard InChI is InChI=1S/C44H64N4O9/c1-7-48(8-2)22-16-15-21-38(40(52)27-36(29-49)44(56)57-6)47-43(55)34(23-30(3)4)26-39(51)31(5)46-42(54)35(24-32-17-11-9-12-18-32)25-37(50)28-45-41(53)33-19-13-10-14-20-33/h9-14,17-20,30-31,34-36,38,49H,7-8,15-16,21-29H2,1-6H3,(H,45,53)(H,46,54)(H,47,55)/t31-,34+,35+,36-,38-/m0/s1. The minimum Gasteiger partial charge on any atom is -0.469 e. The molecule has 13 nitrogen and oxygen atoms in total. The van der Waals surface area contributed by atoms with Gasteiger partial charge in [0.1, 0.15) is 0 Å². The number of methoxy groups -OCH3 is 1. The third kappa shape index (κ3) is 17.9. The van der Waals surface area contributed by atoms with Crippen LogP contribution in [-0.2, 0) is 39.9 Å². The first-order valence-electron chi connectivity index (χ1n) is 20.2. The molecule has 0 saturated heterocycles. The molecule has 0 unspecified atom stereocenters. The highest BCUT2D eigenvalue weighted by Crippen LogP contribution is 2.20. The fourth-order valence-corrected chi connectivity index (χ4v) is 6.66. The summed E-state index contributed by atoms with van der Waals surface area (Å²) in [5, 5.41) is 18.0. The number of unbranched alkanes of at least 4 members (excludes halogenated alkanes) is 1. The number of ether oxygens (including phenoxy) is 1. The van der Waals surface area contributed by atoms with Crippen LogP contribution in [0.4, 0.5) is 0 Å². The van der Waals surface area contributed by atoms with E-state index in [4.69, 9.17) is 4.74 Å². The highest BCUT2D eigenvalue weighted by molar-refractivity contribution is 5.98. The molecule has 0 spiro atoms. The molecule has 0 fully saturated rings. The van der Waals surface area contributed by atoms with Crippen LogP contribution in [-0.4, -0.2) is 103 Å². The smallest absolute Gasteiger partial charge is 0.311 e. The van der Waals surface area contributed by atoms with Crippen molar-refractivity contribution in [2.45, 2.75) is 98.1 Å². The van der Waals surface area contributed by atoms with Gasteiger partial charge in [-0.3, -0.25) is 33.6 Å². The molecule has 0 aliphatic rings. The molecule has 0 bridgehead atoms. The fraction of sp³-hybridized carbons (Fsp3) is 0.568. The molecule has 3 amide bonds. The van der Waals surface area contributed by atoms with E-state index in [1.54, 1.807) is 30.3 Å². The predicted molar refractivity (Wildman–Crippen MR) is 218 cm³/mol. The number of benzene rings is 2. The van der Waals surface area contributed by atoms with Crippen LogP contribution in [0.15, 0.2) is 60.7 Å². The lowest BCUT2D eigenvalue weighted by Gasteiger charge is -2.25. The van der Waals surface area contributed by atoms with Crippen molar-refractivity contribution in [2.24, 2.45) is 23.7 Å². The largest absolute Gasteiger partial charge is 0.469 e. The summed E-state index contributed by atoms with van der Waals surface area (Å²) in [7, 11) is 1.18. The van der Waals surface area contributed by atoms with E-state index < -0.39 is 71.7 Å². The predicted octanol–water partition coefficient (Wildman–Crippen LogP) is 4.10. The van der Waals surface area contributed by atoms with Crippen LogP contribution in [0.1, 0.15) is 95.5 Å². The molecular weight excluding hydrogens is 729 g/mol. The quantitative estimate of drug-likeness (QED) is 0.0722. The van der Waals surface area contributed by atoms with Crippen LogP contribution in [0.5, 0.6) is 0 Å². The number of Topliss-reactive ketones (excluding diaryl/α,β-unsaturated/α-hetero) is 3. The number of aliphatic hydroxyl groups is 1. The molecule has 0 aliphatic heterocycles. The fourth-order valence-electron chi connectivity index (χ4n) is 6.66. The number of hydrogen-bond donors (Lipinski definition) is 4. The molecule has 314 valence electrons. The van der Waals surface area contributed by atoms with Crippen molar-refractivity contribution in [1.82, 2.24) is 20.9 Å². The highest BCUT2D eigenvalue weighted by Gasteiger charge is 2.32. The second kappa shape index (κ2) is 26.2. The van der Waals surface area contributed by atoms with E-state index in [1.807, 2.05) is 44.2 Å². The Morgan fingerprint density at radius 3 is 1.91 bits per heavy atom. The Labute approximate surface area is 338 Å². The van der Waals surface area contributed by atoms with E-state index in [0.29, 0.717) is 24.8 Å². The Kier molecular flexibility index (Phi) is 22.3. The van der Waals surface area contributed by atoms with Gasteiger partial charge in [0.05, 0.1) is 38.3 Å². The number of rotatable bonds is 28. The maximum absolute atomic E-state index is 13.9. The normalized spacial score (nSPS) is 13.8. The average Bonchev–Trinajstić information content (AvgIpc) is 3.20. The lowest BCUT2D eigenvalue weighted by molar-refractivity contribution is -0.149. The summed E-state index contributed by atoms with van der Waals surface area (Å²) in [4.78, 5) is 94.8. The molecule has 0 aliphatic carbocycles. The summed E-state index contributed by atoms with van der Waals surface area (Å²) in [5.41, 5.74) is 1.23. The van der Waals surface area contributed by atoms with Gasteiger partial charge in [0.25, 0.3) is 5.91 Å². The third-order valence-corrected chi connectivity index (χ3v) is 10.1. The van der Waals surface area contributed by atoms with Crippen molar-refractivity contribution < 1.29 is 43.4 Å². The number of esters is 1. The summed E-state index contributed by atoms with van der Waals surface area (Å²) in [6, 6.07) is 15.7. The molecule has 2 aromatic rings. The molecule has 5 atom stereocenters. The number of hydrogen-bond acceptors (Lipinski definition) is 10. The van der Waals surface area contributed by atoms with Crippen molar-refractivity contribution in [3.05, 3.63) is 71.8 Å². The maximum Gasteiger partial charge on any atom is 0.311 e. The molecule has 2 aromatic carbocycles. The van der Waals surface area contributed by atoms with Crippen LogP contribution in [0, 0.1) is 23.7 Å². The number of carbonyl (C=O) groups excluding carboxylic acids is 7. The van der Waals surface area contributed by atoms with Crippen molar-refractivity contribution in [3.8, 4) is 0 Å². The van der Waals surface area contributed by atoms with Gasteiger partial charge in [-0.15, -0.1) is 0 Å². The van der Waals surface area contributed by atoms with Crippen LogP contribution in [0.3, 0.4) is 0 Å². The van der Waals surface area contributed by atoms with Gasteiger partial charge in [-0.1, -0.05) is 76.2 Å². The number of aliphatic hydroxyl groups excluding tert-OH is 1. The van der Waals surface area contributed by atoms with Gasteiger partial charge in [0.2, 0.25) is 11.8 Å². The average molecular weight is 793 g/mol. The summed E-state index contributed by atoms with van der Waals surface area (Å²) in [5.74, 6) is -5.97. The van der Waals surface area contributed by atoms with E-state index in [-0.39, 0.29) is 43.9 Å². The second-order valence-electron chi connectivity index (χ2n) is 15.1. The van der Waals surface area contributed by atoms with Gasteiger partial charge in [-0.05, 0) is 82.3 Å². The molecule has 0 aromatic heterocycles. The zero-order valence-corrected chi connectivity index (χ0v) is 34.6. The summed E-state index contributed by atoms with van der Waals surface area (Å²) in [6.07, 6.45) is 1.59. The van der Waals surface area contributed by atoms with Gasteiger partial charge < -0.3 is 30.7 Å². The molecule has 2 rings (SSSR count). The first-order valence-corrected chi connectivity index (χ1v) is 20.2. The van der Waals surface area contributed by atoms with E-state index in [0.717, 1.165) is 31.6 Å². The van der Waals surface area contributed by atoms with E-state index in [1.165, 1.54) is 14.0 Å². The van der Waals surface area contributed by atoms with Crippen LogP contribution in [0.25, 0.3) is 0 Å². The molecule has 0 saturated carbocycles. The van der Waals surface area contributed by atoms with Crippen LogP contribution < -0.4 is 16.0 Å². The number of nitrogens with one attached hydrogen (secondary N) is 3. The SMILES string of the molecule is CCN(CC)CCCC[C@H](NC(=O)[C@@H](CC(=O)[C@H](C)NC(=O)[C@@H](CC(=O)CNC(=O)c1ccccc1)Cc1ccccc1)CC(C)C)C(=O)C[C@@H](CO)C(=O)OC. The van der Waals surface area contributed by atoms with E-state index >= 15 is 0 Å². The number of nitrogens with zero attached hydrogens (tertiary/aromatic N) is 1. The third-order valence-electron chi connectivity index (χ3n) is 10.1. The minimum atomic E-state index is -1.07. The maximum atomic E-state index is 13.9. The van der Waals surface area contributed by atoms with Crippen molar-refractivity contribution >= 4 is 41.0 Å². The van der Waals surface area contributed by atoms with Gasteiger partial charge in [0, 0.05) is 36.7 Å². The zero-order chi connectivity index (χ0) is 42.3. The number of amides is 3. The molecule has 4 N–H and O–H groups in total. The zero-order valence-electron chi connectivity index (χ0n) is 34.6. The van der Waals surface area contributed by atoms with E-state index in [2.05, 4.69) is 34.7 Å². The molecular formula is C44H64N4O9. The monoisotopic (exact) mass is 792 g/mol. The van der Waals surface area contributed by atoms with Crippen molar-refractivity contribution in [2.75, 3.05) is 39.9 Å². The lowest BCUT2D eigenvalue weighted by atomic mass is 9.88. The van der Waals surface area contributed by atoms with Gasteiger partial charge in [-0.25, -0.2) is 0 Å². The molecule has 13 heteroatoms. The lowest BCUT2D eigenvalue weighted by Crippen LogP contribution is -2.47. The van der Waals surface area contributed by atoms with Gasteiger partial charge >= 0.3 is 5.97 Å². The van der Waals surface area contributed by atoms with Gasteiger partial charge in [-0.2, -0.15) is 0 Å². The second-order valence-corrected chi connectivity index (χ2v) is 15.1. The molecule has 0 heterocycles.